The van der Waals surface area contributed by atoms with Gasteiger partial charge in [-0.3, -0.25) is 4.99 Å². The van der Waals surface area contributed by atoms with Gasteiger partial charge >= 0.3 is 0 Å². The van der Waals surface area contributed by atoms with Crippen molar-refractivity contribution in [2.45, 2.75) is 20.3 Å². The van der Waals surface area contributed by atoms with E-state index >= 15 is 0 Å². The second kappa shape index (κ2) is 9.16. The zero-order chi connectivity index (χ0) is 12.7. The van der Waals surface area contributed by atoms with Crippen LogP contribution in [0.5, 0.6) is 0 Å². The van der Waals surface area contributed by atoms with Crippen molar-refractivity contribution in [2.75, 3.05) is 18.5 Å². The van der Waals surface area contributed by atoms with Crippen LogP contribution < -0.4 is 11.1 Å². The third-order valence-corrected chi connectivity index (χ3v) is 2.52. The molecule has 102 valence electrons. The smallest absolute Gasteiger partial charge is 0.193 e. The van der Waals surface area contributed by atoms with Crippen LogP contribution in [0.15, 0.2) is 29.3 Å². The average Bonchev–Trinajstić information content (AvgIpc) is 2.36. The molecule has 0 spiro atoms. The SMILES string of the molecule is CCc1ccc(NC(N)=NCC(C)CO)cc1.I. The molecule has 1 aromatic carbocycles. The Balaban J connectivity index is 0.00000289. The third-order valence-electron chi connectivity index (χ3n) is 2.52. The minimum Gasteiger partial charge on any atom is -0.396 e. The first-order valence-corrected chi connectivity index (χ1v) is 5.92. The van der Waals surface area contributed by atoms with Crippen LogP contribution in [-0.4, -0.2) is 24.2 Å². The molecular formula is C13H22IN3O. The van der Waals surface area contributed by atoms with Gasteiger partial charge in [-0.05, 0) is 30.0 Å². The number of aryl methyl sites for hydroxylation is 1. The van der Waals surface area contributed by atoms with Gasteiger partial charge in [0.15, 0.2) is 5.96 Å². The van der Waals surface area contributed by atoms with Gasteiger partial charge in [-0.25, -0.2) is 0 Å². The number of aliphatic hydroxyl groups excluding tert-OH is 1. The summed E-state index contributed by atoms with van der Waals surface area (Å²) < 4.78 is 0. The van der Waals surface area contributed by atoms with E-state index < -0.39 is 0 Å². The maximum atomic E-state index is 8.86. The number of halogens is 1. The molecule has 0 saturated carbocycles. The van der Waals surface area contributed by atoms with Gasteiger partial charge in [0.05, 0.1) is 0 Å². The van der Waals surface area contributed by atoms with Crippen LogP contribution in [0.1, 0.15) is 19.4 Å². The molecule has 4 nitrogen and oxygen atoms in total. The lowest BCUT2D eigenvalue weighted by Crippen LogP contribution is -2.24. The summed E-state index contributed by atoms with van der Waals surface area (Å²) in [5, 5.41) is 11.9. The van der Waals surface area contributed by atoms with E-state index in [1.807, 2.05) is 19.1 Å². The van der Waals surface area contributed by atoms with Gasteiger partial charge in [0.2, 0.25) is 0 Å². The van der Waals surface area contributed by atoms with Crippen molar-refractivity contribution in [3.05, 3.63) is 29.8 Å². The highest BCUT2D eigenvalue weighted by atomic mass is 127. The van der Waals surface area contributed by atoms with Crippen molar-refractivity contribution in [1.82, 2.24) is 0 Å². The summed E-state index contributed by atoms with van der Waals surface area (Å²) >= 11 is 0. The Morgan fingerprint density at radius 2 is 2.00 bits per heavy atom. The minimum atomic E-state index is 0. The van der Waals surface area contributed by atoms with Gasteiger partial charge in [-0.2, -0.15) is 0 Å². The molecule has 0 heterocycles. The first kappa shape index (κ1) is 17.2. The molecule has 0 bridgehead atoms. The van der Waals surface area contributed by atoms with E-state index in [2.05, 4.69) is 29.4 Å². The zero-order valence-corrected chi connectivity index (χ0v) is 13.2. The topological polar surface area (TPSA) is 70.6 Å². The molecule has 0 radical (unpaired) electrons. The molecule has 0 fully saturated rings. The fourth-order valence-corrected chi connectivity index (χ4v) is 1.32. The summed E-state index contributed by atoms with van der Waals surface area (Å²) in [6, 6.07) is 8.09. The van der Waals surface area contributed by atoms with Crippen molar-refractivity contribution < 1.29 is 5.11 Å². The number of aliphatic hydroxyl groups is 1. The van der Waals surface area contributed by atoms with Crippen LogP contribution in [0, 0.1) is 5.92 Å². The van der Waals surface area contributed by atoms with Crippen molar-refractivity contribution in [1.29, 1.82) is 0 Å². The van der Waals surface area contributed by atoms with Crippen LogP contribution >= 0.6 is 24.0 Å². The number of hydrogen-bond donors (Lipinski definition) is 3. The van der Waals surface area contributed by atoms with E-state index in [1.165, 1.54) is 5.56 Å². The number of nitrogens with zero attached hydrogens (tertiary/aromatic N) is 1. The molecule has 0 aromatic heterocycles. The summed E-state index contributed by atoms with van der Waals surface area (Å²) in [7, 11) is 0. The Morgan fingerprint density at radius 3 is 2.50 bits per heavy atom. The molecule has 1 rings (SSSR count). The second-order valence-electron chi connectivity index (χ2n) is 4.19. The number of guanidine groups is 1. The van der Waals surface area contributed by atoms with Crippen LogP contribution in [0.4, 0.5) is 5.69 Å². The summed E-state index contributed by atoms with van der Waals surface area (Å²) in [6.07, 6.45) is 1.03. The number of nitrogens with one attached hydrogen (secondary N) is 1. The first-order chi connectivity index (χ1) is 8.15. The monoisotopic (exact) mass is 363 g/mol. The van der Waals surface area contributed by atoms with E-state index in [0.717, 1.165) is 12.1 Å². The van der Waals surface area contributed by atoms with E-state index in [9.17, 15) is 0 Å². The fourth-order valence-electron chi connectivity index (χ4n) is 1.32. The Hall–Kier alpha value is -0.820. The fraction of sp³-hybridized carbons (Fsp3) is 0.462. The molecule has 0 aliphatic carbocycles. The predicted molar refractivity (Wildman–Crippen MR) is 87.6 cm³/mol. The van der Waals surface area contributed by atoms with Crippen LogP contribution in [0.2, 0.25) is 0 Å². The van der Waals surface area contributed by atoms with E-state index in [4.69, 9.17) is 10.8 Å². The van der Waals surface area contributed by atoms with Crippen LogP contribution in [0.25, 0.3) is 0 Å². The summed E-state index contributed by atoms with van der Waals surface area (Å²) in [4.78, 5) is 4.16. The zero-order valence-electron chi connectivity index (χ0n) is 10.9. The van der Waals surface area contributed by atoms with Gasteiger partial charge in [-0.1, -0.05) is 26.0 Å². The van der Waals surface area contributed by atoms with Crippen molar-refractivity contribution in [3.63, 3.8) is 0 Å². The number of hydrogen-bond acceptors (Lipinski definition) is 2. The molecule has 0 aliphatic heterocycles. The maximum Gasteiger partial charge on any atom is 0.193 e. The lowest BCUT2D eigenvalue weighted by atomic mass is 10.1. The summed E-state index contributed by atoms with van der Waals surface area (Å²) in [6.45, 7) is 4.70. The van der Waals surface area contributed by atoms with Crippen LogP contribution in [-0.2, 0) is 6.42 Å². The molecular weight excluding hydrogens is 341 g/mol. The van der Waals surface area contributed by atoms with E-state index in [1.54, 1.807) is 0 Å². The standard InChI is InChI=1S/C13H21N3O.HI/c1-3-11-4-6-12(7-5-11)16-13(14)15-8-10(2)9-17;/h4-7,10,17H,3,8-9H2,1-2H3,(H3,14,15,16);1H. The molecule has 0 aliphatic rings. The van der Waals surface area contributed by atoms with Gasteiger partial charge in [-0.15, -0.1) is 24.0 Å². The molecule has 18 heavy (non-hydrogen) atoms. The highest BCUT2D eigenvalue weighted by molar-refractivity contribution is 14.0. The lowest BCUT2D eigenvalue weighted by Gasteiger charge is -2.08. The molecule has 1 unspecified atom stereocenters. The van der Waals surface area contributed by atoms with Crippen LogP contribution in [0.3, 0.4) is 0 Å². The quantitative estimate of drug-likeness (QED) is 0.427. The highest BCUT2D eigenvalue weighted by Crippen LogP contribution is 2.09. The normalized spacial score (nSPS) is 12.7. The second-order valence-corrected chi connectivity index (χ2v) is 4.19. The number of benzene rings is 1. The van der Waals surface area contributed by atoms with Gasteiger partial charge < -0.3 is 16.2 Å². The Labute approximate surface area is 126 Å². The molecule has 1 aromatic rings. The number of anilines is 1. The van der Waals surface area contributed by atoms with Gasteiger partial charge in [0.1, 0.15) is 0 Å². The average molecular weight is 363 g/mol. The predicted octanol–water partition coefficient (Wildman–Crippen LogP) is 2.22. The summed E-state index contributed by atoms with van der Waals surface area (Å²) in [5.41, 5.74) is 7.96. The number of aliphatic imine (C=N–C) groups is 1. The van der Waals surface area contributed by atoms with Crippen molar-refractivity contribution in [3.8, 4) is 0 Å². The first-order valence-electron chi connectivity index (χ1n) is 5.92. The molecule has 5 heteroatoms. The molecule has 4 N–H and O–H groups in total. The molecule has 1 atom stereocenters. The largest absolute Gasteiger partial charge is 0.396 e. The third kappa shape index (κ3) is 6.20. The lowest BCUT2D eigenvalue weighted by molar-refractivity contribution is 0.242. The number of rotatable bonds is 5. The maximum absolute atomic E-state index is 8.86. The number of nitrogens with two attached hydrogens (primary N) is 1. The van der Waals surface area contributed by atoms with Gasteiger partial charge in [0, 0.05) is 18.8 Å². The summed E-state index contributed by atoms with van der Waals surface area (Å²) in [5.74, 6) is 0.521. The van der Waals surface area contributed by atoms with Gasteiger partial charge in [0.25, 0.3) is 0 Å². The Morgan fingerprint density at radius 1 is 1.39 bits per heavy atom. The highest BCUT2D eigenvalue weighted by Gasteiger charge is 1.99. The van der Waals surface area contributed by atoms with E-state index in [-0.39, 0.29) is 36.5 Å². The molecule has 0 saturated heterocycles. The van der Waals surface area contributed by atoms with Crippen molar-refractivity contribution in [2.24, 2.45) is 16.6 Å². The minimum absolute atomic E-state index is 0. The van der Waals surface area contributed by atoms with Crippen molar-refractivity contribution >= 4 is 35.6 Å². The Kier molecular flexibility index (Phi) is 8.74. The Bertz CT molecular complexity index is 365. The molecule has 0 amide bonds. The van der Waals surface area contributed by atoms with E-state index in [0.29, 0.717) is 12.5 Å².